The van der Waals surface area contributed by atoms with E-state index in [2.05, 4.69) is 5.32 Å². The fourth-order valence-electron chi connectivity index (χ4n) is 3.60. The van der Waals surface area contributed by atoms with E-state index in [-0.39, 0.29) is 24.2 Å². The summed E-state index contributed by atoms with van der Waals surface area (Å²) in [5.74, 6) is 1.09. The largest absolute Gasteiger partial charge is 0.353 e. The van der Waals surface area contributed by atoms with Crippen molar-refractivity contribution in [1.29, 1.82) is 0 Å². The van der Waals surface area contributed by atoms with E-state index in [1.807, 2.05) is 18.2 Å². The number of anilines is 1. The lowest BCUT2D eigenvalue weighted by Crippen LogP contribution is -2.42. The zero-order chi connectivity index (χ0) is 16.0. The SMILES string of the molecule is O=C(NC(C1CC1)C1CC1)[C@H]1CC(=O)N(c2ccccc2Cl)C1. The molecule has 1 saturated heterocycles. The summed E-state index contributed by atoms with van der Waals surface area (Å²) in [5, 5.41) is 3.79. The summed E-state index contributed by atoms with van der Waals surface area (Å²) in [6.07, 6.45) is 5.21. The number of benzene rings is 1. The van der Waals surface area contributed by atoms with Crippen LogP contribution in [0.25, 0.3) is 0 Å². The van der Waals surface area contributed by atoms with Gasteiger partial charge in [0.05, 0.1) is 16.6 Å². The molecule has 2 saturated carbocycles. The van der Waals surface area contributed by atoms with Gasteiger partial charge in [0.25, 0.3) is 0 Å². The van der Waals surface area contributed by atoms with Crippen molar-refractivity contribution in [2.75, 3.05) is 11.4 Å². The van der Waals surface area contributed by atoms with E-state index < -0.39 is 0 Å². The highest BCUT2D eigenvalue weighted by atomic mass is 35.5. The van der Waals surface area contributed by atoms with Gasteiger partial charge >= 0.3 is 0 Å². The lowest BCUT2D eigenvalue weighted by atomic mass is 10.0. The molecule has 1 aromatic carbocycles. The molecule has 0 bridgehead atoms. The molecular formula is C18H21ClN2O2. The third-order valence-electron chi connectivity index (χ3n) is 5.21. The van der Waals surface area contributed by atoms with Crippen LogP contribution in [0.1, 0.15) is 32.1 Å². The van der Waals surface area contributed by atoms with Crippen LogP contribution in [-0.4, -0.2) is 24.4 Å². The lowest BCUT2D eigenvalue weighted by molar-refractivity contribution is -0.127. The molecule has 5 heteroatoms. The molecule has 1 aromatic rings. The predicted octanol–water partition coefficient (Wildman–Crippen LogP) is 3.00. The number of halogens is 1. The van der Waals surface area contributed by atoms with Crippen molar-refractivity contribution >= 4 is 29.1 Å². The smallest absolute Gasteiger partial charge is 0.227 e. The maximum atomic E-state index is 12.6. The van der Waals surface area contributed by atoms with Gasteiger partial charge in [0.15, 0.2) is 0 Å². The van der Waals surface area contributed by atoms with Crippen LogP contribution in [0.2, 0.25) is 5.02 Å². The molecule has 23 heavy (non-hydrogen) atoms. The van der Waals surface area contributed by atoms with Crippen molar-refractivity contribution in [2.45, 2.75) is 38.1 Å². The van der Waals surface area contributed by atoms with E-state index in [4.69, 9.17) is 11.6 Å². The Labute approximate surface area is 141 Å². The van der Waals surface area contributed by atoms with Crippen LogP contribution in [0.5, 0.6) is 0 Å². The van der Waals surface area contributed by atoms with Gasteiger partial charge < -0.3 is 10.2 Å². The topological polar surface area (TPSA) is 49.4 Å². The zero-order valence-electron chi connectivity index (χ0n) is 13.0. The fourth-order valence-corrected chi connectivity index (χ4v) is 3.84. The summed E-state index contributed by atoms with van der Waals surface area (Å²) >= 11 is 6.19. The molecule has 0 unspecified atom stereocenters. The zero-order valence-corrected chi connectivity index (χ0v) is 13.8. The van der Waals surface area contributed by atoms with Crippen molar-refractivity contribution in [1.82, 2.24) is 5.32 Å². The summed E-state index contributed by atoms with van der Waals surface area (Å²) in [6.45, 7) is 0.427. The van der Waals surface area contributed by atoms with Crippen LogP contribution in [0.3, 0.4) is 0 Å². The summed E-state index contributed by atoms with van der Waals surface area (Å²) < 4.78 is 0. The molecule has 1 N–H and O–H groups in total. The second-order valence-electron chi connectivity index (χ2n) is 7.07. The quantitative estimate of drug-likeness (QED) is 0.901. The number of amides is 2. The second kappa shape index (κ2) is 5.82. The van der Waals surface area contributed by atoms with Crippen molar-refractivity contribution < 1.29 is 9.59 Å². The molecule has 3 fully saturated rings. The van der Waals surface area contributed by atoms with Gasteiger partial charge in [-0.3, -0.25) is 9.59 Å². The Morgan fingerprint density at radius 1 is 1.17 bits per heavy atom. The van der Waals surface area contributed by atoms with Crippen LogP contribution < -0.4 is 10.2 Å². The van der Waals surface area contributed by atoms with Gasteiger partial charge in [0, 0.05) is 19.0 Å². The van der Waals surface area contributed by atoms with Crippen molar-refractivity contribution in [3.8, 4) is 0 Å². The molecule has 1 atom stereocenters. The Kier molecular flexibility index (Phi) is 3.80. The first-order chi connectivity index (χ1) is 11.1. The van der Waals surface area contributed by atoms with Gasteiger partial charge in [0.2, 0.25) is 11.8 Å². The third kappa shape index (κ3) is 3.09. The summed E-state index contributed by atoms with van der Waals surface area (Å²) in [5.41, 5.74) is 0.704. The number of para-hydroxylation sites is 1. The highest BCUT2D eigenvalue weighted by molar-refractivity contribution is 6.33. The fraction of sp³-hybridized carbons (Fsp3) is 0.556. The molecule has 0 radical (unpaired) electrons. The minimum absolute atomic E-state index is 0.0207. The summed E-state index contributed by atoms with van der Waals surface area (Å²) in [6, 6.07) is 7.64. The third-order valence-corrected chi connectivity index (χ3v) is 5.53. The molecule has 4 nitrogen and oxygen atoms in total. The Balaban J connectivity index is 1.43. The van der Waals surface area contributed by atoms with Crippen LogP contribution in [-0.2, 0) is 9.59 Å². The molecule has 2 aliphatic carbocycles. The molecule has 2 amide bonds. The number of rotatable bonds is 5. The highest BCUT2D eigenvalue weighted by Gasteiger charge is 2.44. The standard InChI is InChI=1S/C18H21ClN2O2/c19-14-3-1-2-4-15(14)21-10-13(9-16(21)22)18(23)20-17(11-5-6-11)12-7-8-12/h1-4,11-13,17H,5-10H2,(H,20,23)/t13-/m0/s1. The Morgan fingerprint density at radius 3 is 2.43 bits per heavy atom. The van der Waals surface area contributed by atoms with Gasteiger partial charge in [-0.2, -0.15) is 0 Å². The number of carbonyl (C=O) groups is 2. The monoisotopic (exact) mass is 332 g/mol. The number of carbonyl (C=O) groups excluding carboxylic acids is 2. The van der Waals surface area contributed by atoms with Gasteiger partial charge in [0.1, 0.15) is 0 Å². The number of nitrogens with one attached hydrogen (secondary N) is 1. The number of hydrogen-bond donors (Lipinski definition) is 1. The van der Waals surface area contributed by atoms with Crippen LogP contribution in [0, 0.1) is 17.8 Å². The lowest BCUT2D eigenvalue weighted by Gasteiger charge is -2.21. The van der Waals surface area contributed by atoms with Crippen LogP contribution >= 0.6 is 11.6 Å². The minimum atomic E-state index is -0.265. The van der Waals surface area contributed by atoms with E-state index >= 15 is 0 Å². The van der Waals surface area contributed by atoms with Crippen molar-refractivity contribution in [3.63, 3.8) is 0 Å². The molecule has 122 valence electrons. The minimum Gasteiger partial charge on any atom is -0.353 e. The summed E-state index contributed by atoms with van der Waals surface area (Å²) in [4.78, 5) is 26.6. The van der Waals surface area contributed by atoms with E-state index in [0.29, 0.717) is 35.1 Å². The number of hydrogen-bond acceptors (Lipinski definition) is 2. The van der Waals surface area contributed by atoms with Crippen molar-refractivity contribution in [3.05, 3.63) is 29.3 Å². The van der Waals surface area contributed by atoms with Gasteiger partial charge in [-0.1, -0.05) is 23.7 Å². The first kappa shape index (κ1) is 15.0. The van der Waals surface area contributed by atoms with E-state index in [9.17, 15) is 9.59 Å². The number of nitrogens with zero attached hydrogens (tertiary/aromatic N) is 1. The maximum absolute atomic E-state index is 12.6. The molecule has 1 aliphatic heterocycles. The average Bonchev–Trinajstić information content (AvgIpc) is 3.44. The molecule has 1 heterocycles. The summed E-state index contributed by atoms with van der Waals surface area (Å²) in [7, 11) is 0. The molecule has 4 rings (SSSR count). The van der Waals surface area contributed by atoms with Crippen LogP contribution in [0.4, 0.5) is 5.69 Å². The normalized spacial score (nSPS) is 24.3. The van der Waals surface area contributed by atoms with Gasteiger partial charge in [-0.25, -0.2) is 0 Å². The van der Waals surface area contributed by atoms with Crippen molar-refractivity contribution in [2.24, 2.45) is 17.8 Å². The first-order valence-electron chi connectivity index (χ1n) is 8.49. The average molecular weight is 333 g/mol. The van der Waals surface area contributed by atoms with Crippen LogP contribution in [0.15, 0.2) is 24.3 Å². The molecular weight excluding hydrogens is 312 g/mol. The maximum Gasteiger partial charge on any atom is 0.227 e. The highest BCUT2D eigenvalue weighted by Crippen LogP contribution is 2.44. The first-order valence-corrected chi connectivity index (χ1v) is 8.86. The van der Waals surface area contributed by atoms with E-state index in [1.165, 1.54) is 25.7 Å². The molecule has 3 aliphatic rings. The van der Waals surface area contributed by atoms with E-state index in [1.54, 1.807) is 11.0 Å². The molecule has 0 spiro atoms. The Hall–Kier alpha value is -1.55. The van der Waals surface area contributed by atoms with Gasteiger partial charge in [-0.15, -0.1) is 0 Å². The second-order valence-corrected chi connectivity index (χ2v) is 7.47. The Bertz CT molecular complexity index is 628. The Morgan fingerprint density at radius 2 is 1.83 bits per heavy atom. The molecule has 0 aromatic heterocycles. The van der Waals surface area contributed by atoms with Gasteiger partial charge in [-0.05, 0) is 49.7 Å². The predicted molar refractivity (Wildman–Crippen MR) is 89.3 cm³/mol. The van der Waals surface area contributed by atoms with E-state index in [0.717, 1.165) is 0 Å².